The maximum absolute atomic E-state index is 12.6. The number of fused-ring (bicyclic) bond motifs is 1. The van der Waals surface area contributed by atoms with Gasteiger partial charge in [0.05, 0.1) is 23.2 Å². The number of aromatic nitrogens is 2. The quantitative estimate of drug-likeness (QED) is 0.291. The molecule has 0 radical (unpaired) electrons. The molecule has 0 aliphatic carbocycles. The largest absolute Gasteiger partial charge is 0.462 e. The van der Waals surface area contributed by atoms with E-state index in [1.807, 2.05) is 38.1 Å². The fourth-order valence-corrected chi connectivity index (χ4v) is 3.33. The summed E-state index contributed by atoms with van der Waals surface area (Å²) < 4.78 is 5.20. The Morgan fingerprint density at radius 1 is 0.969 bits per heavy atom. The Bertz CT molecular complexity index is 1240. The fraction of sp³-hybridized carbons (Fsp3) is 0.192. The van der Waals surface area contributed by atoms with Crippen LogP contribution >= 0.6 is 0 Å². The molecule has 1 amide bonds. The fourth-order valence-electron chi connectivity index (χ4n) is 3.33. The molecule has 0 saturated carbocycles. The first kappa shape index (κ1) is 21.3. The van der Waals surface area contributed by atoms with Gasteiger partial charge in [-0.25, -0.2) is 9.78 Å². The number of amides is 1. The van der Waals surface area contributed by atoms with E-state index in [0.717, 1.165) is 35.3 Å². The van der Waals surface area contributed by atoms with Crippen LogP contribution in [0.3, 0.4) is 0 Å². The summed E-state index contributed by atoms with van der Waals surface area (Å²) >= 11 is 0. The molecule has 6 nitrogen and oxygen atoms in total. The van der Waals surface area contributed by atoms with E-state index in [1.165, 1.54) is 5.56 Å². The lowest BCUT2D eigenvalue weighted by atomic mass is 10.1. The highest BCUT2D eigenvalue weighted by atomic mass is 16.5. The number of hydrogen-bond donors (Lipinski definition) is 2. The highest BCUT2D eigenvalue weighted by Gasteiger charge is 2.11. The molecule has 0 saturated heterocycles. The molecule has 32 heavy (non-hydrogen) atoms. The van der Waals surface area contributed by atoms with E-state index in [2.05, 4.69) is 21.4 Å². The lowest BCUT2D eigenvalue weighted by molar-refractivity contribution is 0.0499. The third-order valence-corrected chi connectivity index (χ3v) is 5.17. The van der Waals surface area contributed by atoms with Crippen molar-refractivity contribution in [2.24, 2.45) is 0 Å². The molecule has 0 bridgehead atoms. The summed E-state index contributed by atoms with van der Waals surface area (Å²) in [5, 5.41) is 2.85. The number of nitrogens with zero attached hydrogens (tertiary/aromatic N) is 1. The predicted molar refractivity (Wildman–Crippen MR) is 126 cm³/mol. The average Bonchev–Trinajstić information content (AvgIpc) is 3.23. The van der Waals surface area contributed by atoms with Crippen molar-refractivity contribution in [3.05, 3.63) is 83.4 Å². The van der Waals surface area contributed by atoms with Crippen LogP contribution < -0.4 is 5.32 Å². The molecule has 0 spiro atoms. The van der Waals surface area contributed by atoms with E-state index in [0.29, 0.717) is 23.4 Å². The van der Waals surface area contributed by atoms with Crippen molar-refractivity contribution < 1.29 is 14.3 Å². The van der Waals surface area contributed by atoms with Crippen molar-refractivity contribution in [3.63, 3.8) is 0 Å². The molecule has 4 aromatic rings. The molecule has 1 heterocycles. The van der Waals surface area contributed by atoms with Crippen LogP contribution in [0.2, 0.25) is 0 Å². The number of benzene rings is 3. The van der Waals surface area contributed by atoms with E-state index < -0.39 is 0 Å². The van der Waals surface area contributed by atoms with Gasteiger partial charge >= 0.3 is 5.97 Å². The van der Waals surface area contributed by atoms with Gasteiger partial charge in [0.2, 0.25) is 0 Å². The topological polar surface area (TPSA) is 84.1 Å². The minimum absolute atomic E-state index is 0.227. The Morgan fingerprint density at radius 3 is 2.41 bits per heavy atom. The van der Waals surface area contributed by atoms with Gasteiger partial charge in [-0.1, -0.05) is 31.5 Å². The second-order valence-electron chi connectivity index (χ2n) is 7.70. The van der Waals surface area contributed by atoms with E-state index in [1.54, 1.807) is 36.4 Å². The minimum atomic E-state index is -0.354. The van der Waals surface area contributed by atoms with Crippen LogP contribution in [0.4, 0.5) is 5.69 Å². The standard InChI is InChI=1S/C26H25N3O3/c1-3-4-15-32-26(31)20-10-12-21(13-11-20)27-25(30)19-8-6-18(7-9-19)24-28-22-14-5-17(2)16-23(22)29-24/h5-14,16H,3-4,15H2,1-2H3,(H,27,30)(H,28,29). The zero-order valence-electron chi connectivity index (χ0n) is 18.1. The highest BCUT2D eigenvalue weighted by Crippen LogP contribution is 2.22. The Morgan fingerprint density at radius 2 is 1.69 bits per heavy atom. The summed E-state index contributed by atoms with van der Waals surface area (Å²) in [6.45, 7) is 4.50. The lowest BCUT2D eigenvalue weighted by Gasteiger charge is -2.07. The summed E-state index contributed by atoms with van der Waals surface area (Å²) in [6, 6.07) is 20.0. The number of rotatable bonds is 7. The molecule has 2 N–H and O–H groups in total. The van der Waals surface area contributed by atoms with Gasteiger partial charge in [-0.2, -0.15) is 0 Å². The molecule has 0 fully saturated rings. The molecule has 4 rings (SSSR count). The number of anilines is 1. The Balaban J connectivity index is 1.40. The zero-order valence-corrected chi connectivity index (χ0v) is 18.1. The highest BCUT2D eigenvalue weighted by molar-refractivity contribution is 6.04. The van der Waals surface area contributed by atoms with E-state index in [-0.39, 0.29) is 11.9 Å². The van der Waals surface area contributed by atoms with Gasteiger partial charge in [0, 0.05) is 16.8 Å². The van der Waals surface area contributed by atoms with Crippen LogP contribution in [0.15, 0.2) is 66.7 Å². The van der Waals surface area contributed by atoms with E-state index in [9.17, 15) is 9.59 Å². The van der Waals surface area contributed by atoms with Crippen molar-refractivity contribution in [2.45, 2.75) is 26.7 Å². The Hall–Kier alpha value is -3.93. The van der Waals surface area contributed by atoms with Crippen molar-refractivity contribution in [1.29, 1.82) is 0 Å². The third-order valence-electron chi connectivity index (χ3n) is 5.17. The van der Waals surface area contributed by atoms with Crippen molar-refractivity contribution >= 4 is 28.6 Å². The van der Waals surface area contributed by atoms with Gasteiger partial charge in [0.25, 0.3) is 5.91 Å². The van der Waals surface area contributed by atoms with Gasteiger partial charge in [0.15, 0.2) is 0 Å². The molecule has 6 heteroatoms. The van der Waals surface area contributed by atoms with Gasteiger partial charge in [-0.3, -0.25) is 4.79 Å². The van der Waals surface area contributed by atoms with Crippen LogP contribution in [0, 0.1) is 6.92 Å². The minimum Gasteiger partial charge on any atom is -0.462 e. The second-order valence-corrected chi connectivity index (χ2v) is 7.70. The molecule has 0 unspecified atom stereocenters. The molecular formula is C26H25N3O3. The third kappa shape index (κ3) is 4.86. The number of aromatic amines is 1. The monoisotopic (exact) mass is 427 g/mol. The molecule has 3 aromatic carbocycles. The van der Waals surface area contributed by atoms with Crippen LogP contribution in [-0.4, -0.2) is 28.5 Å². The second kappa shape index (κ2) is 9.47. The molecule has 162 valence electrons. The normalized spacial score (nSPS) is 10.8. The summed E-state index contributed by atoms with van der Waals surface area (Å²) in [4.78, 5) is 32.5. The SMILES string of the molecule is CCCCOC(=O)c1ccc(NC(=O)c2ccc(-c3nc4ccc(C)cc4[nH]3)cc2)cc1. The number of carbonyl (C=O) groups is 2. The van der Waals surface area contributed by atoms with Crippen LogP contribution in [0.5, 0.6) is 0 Å². The van der Waals surface area contributed by atoms with Crippen molar-refractivity contribution in [2.75, 3.05) is 11.9 Å². The first-order valence-corrected chi connectivity index (χ1v) is 10.7. The van der Waals surface area contributed by atoms with Crippen molar-refractivity contribution in [3.8, 4) is 11.4 Å². The first-order chi connectivity index (χ1) is 15.5. The smallest absolute Gasteiger partial charge is 0.338 e. The van der Waals surface area contributed by atoms with Gasteiger partial charge in [0.1, 0.15) is 5.82 Å². The van der Waals surface area contributed by atoms with Crippen molar-refractivity contribution in [1.82, 2.24) is 9.97 Å². The van der Waals surface area contributed by atoms with Gasteiger partial charge in [-0.05, 0) is 67.4 Å². The van der Waals surface area contributed by atoms with Crippen LogP contribution in [-0.2, 0) is 4.74 Å². The number of aryl methyl sites for hydroxylation is 1. The maximum atomic E-state index is 12.6. The van der Waals surface area contributed by atoms with Crippen LogP contribution in [0.1, 0.15) is 46.0 Å². The predicted octanol–water partition coefficient (Wildman–Crippen LogP) is 5.75. The molecular weight excluding hydrogens is 402 g/mol. The Labute approximate surface area is 186 Å². The Kier molecular flexibility index (Phi) is 6.31. The number of ether oxygens (including phenoxy) is 1. The zero-order chi connectivity index (χ0) is 22.5. The number of carbonyl (C=O) groups excluding carboxylic acids is 2. The number of unbranched alkanes of at least 4 members (excludes halogenated alkanes) is 1. The number of esters is 1. The molecule has 0 aliphatic rings. The van der Waals surface area contributed by atoms with Gasteiger partial charge < -0.3 is 15.0 Å². The first-order valence-electron chi connectivity index (χ1n) is 10.7. The van der Waals surface area contributed by atoms with E-state index in [4.69, 9.17) is 4.74 Å². The number of imidazole rings is 1. The molecule has 0 aliphatic heterocycles. The number of H-pyrrole nitrogens is 1. The lowest BCUT2D eigenvalue weighted by Crippen LogP contribution is -2.12. The van der Waals surface area contributed by atoms with Crippen LogP contribution in [0.25, 0.3) is 22.4 Å². The van der Waals surface area contributed by atoms with E-state index >= 15 is 0 Å². The average molecular weight is 428 g/mol. The number of hydrogen-bond acceptors (Lipinski definition) is 4. The maximum Gasteiger partial charge on any atom is 0.338 e. The summed E-state index contributed by atoms with van der Waals surface area (Å²) in [5.74, 6) is 0.182. The number of nitrogens with one attached hydrogen (secondary N) is 2. The summed E-state index contributed by atoms with van der Waals surface area (Å²) in [7, 11) is 0. The summed E-state index contributed by atoms with van der Waals surface area (Å²) in [6.07, 6.45) is 1.81. The molecule has 1 aromatic heterocycles. The summed E-state index contributed by atoms with van der Waals surface area (Å²) in [5.41, 5.74) is 5.57. The molecule has 0 atom stereocenters. The van der Waals surface area contributed by atoms with Gasteiger partial charge in [-0.15, -0.1) is 0 Å².